The molecule has 2 aliphatic rings. The first kappa shape index (κ1) is 23.4. The zero-order valence-electron chi connectivity index (χ0n) is 20.7. The van der Waals surface area contributed by atoms with Gasteiger partial charge in [-0.15, -0.1) is 0 Å². The van der Waals surface area contributed by atoms with Gasteiger partial charge in [0.2, 0.25) is 11.8 Å². The van der Waals surface area contributed by atoms with Gasteiger partial charge in [-0.05, 0) is 69.5 Å². The first-order chi connectivity index (χ1) is 18.3. The maximum Gasteiger partial charge on any atom is 0.320 e. The van der Waals surface area contributed by atoms with Crippen molar-refractivity contribution in [2.45, 2.75) is 38.2 Å². The molecule has 0 unspecified atom stereocenters. The molecule has 1 fully saturated rings. The number of allylic oxidation sites excluding steroid dienone is 1. The zero-order valence-corrected chi connectivity index (χ0v) is 20.7. The third kappa shape index (κ3) is 5.56. The predicted octanol–water partition coefficient (Wildman–Crippen LogP) is 4.95. The topological polar surface area (TPSA) is 103 Å². The van der Waals surface area contributed by atoms with E-state index < -0.39 is 0 Å². The van der Waals surface area contributed by atoms with E-state index in [1.807, 2.05) is 42.6 Å². The molecule has 2 aliphatic heterocycles. The van der Waals surface area contributed by atoms with Crippen LogP contribution in [-0.2, 0) is 0 Å². The summed E-state index contributed by atoms with van der Waals surface area (Å²) in [6.07, 6.45) is 10.7. The predicted molar refractivity (Wildman–Crippen MR) is 143 cm³/mol. The summed E-state index contributed by atoms with van der Waals surface area (Å²) < 4.78 is 18.3. The van der Waals surface area contributed by atoms with Gasteiger partial charge in [0, 0.05) is 17.3 Å². The summed E-state index contributed by atoms with van der Waals surface area (Å²) >= 11 is 0. The third-order valence-electron chi connectivity index (χ3n) is 6.49. The van der Waals surface area contributed by atoms with E-state index in [1.165, 1.54) is 0 Å². The van der Waals surface area contributed by atoms with Gasteiger partial charge in [0.15, 0.2) is 0 Å². The molecule has 9 heteroatoms. The molecule has 1 saturated heterocycles. The number of ether oxygens (including phenoxy) is 3. The van der Waals surface area contributed by atoms with E-state index in [0.717, 1.165) is 78.4 Å². The Kier molecular flexibility index (Phi) is 6.94. The molecule has 37 heavy (non-hydrogen) atoms. The lowest BCUT2D eigenvalue weighted by molar-refractivity contribution is 0.147. The van der Waals surface area contributed by atoms with Gasteiger partial charge < -0.3 is 24.8 Å². The van der Waals surface area contributed by atoms with Crippen LogP contribution in [0.5, 0.6) is 17.6 Å². The molecule has 0 saturated carbocycles. The summed E-state index contributed by atoms with van der Waals surface area (Å²) in [5.74, 6) is 1.76. The molecule has 4 bridgehead atoms. The second kappa shape index (κ2) is 11.0. The Morgan fingerprint density at radius 3 is 2.78 bits per heavy atom. The van der Waals surface area contributed by atoms with Crippen molar-refractivity contribution in [1.82, 2.24) is 25.3 Å². The average molecular weight is 499 g/mol. The second-order valence-electron chi connectivity index (χ2n) is 9.22. The quantitative estimate of drug-likeness (QED) is 0.372. The summed E-state index contributed by atoms with van der Waals surface area (Å²) in [6, 6.07) is 12.1. The highest BCUT2D eigenvalue weighted by Crippen LogP contribution is 2.30. The number of aromatic nitrogens is 4. The fourth-order valence-corrected chi connectivity index (χ4v) is 4.56. The molecular formula is C28H30N6O3. The fourth-order valence-electron chi connectivity index (χ4n) is 4.56. The van der Waals surface area contributed by atoms with Crippen LogP contribution in [0.25, 0.3) is 21.8 Å². The van der Waals surface area contributed by atoms with Gasteiger partial charge in [0.25, 0.3) is 0 Å². The van der Waals surface area contributed by atoms with Gasteiger partial charge in [-0.2, -0.15) is 9.97 Å². The minimum Gasteiger partial charge on any atom is -0.491 e. The number of hydrogen-bond donors (Lipinski definition) is 2. The molecule has 4 aromatic rings. The minimum atomic E-state index is 0.105. The highest BCUT2D eigenvalue weighted by atomic mass is 16.5. The highest BCUT2D eigenvalue weighted by molar-refractivity contribution is 5.88. The van der Waals surface area contributed by atoms with E-state index in [2.05, 4.69) is 37.7 Å². The zero-order chi connectivity index (χ0) is 24.9. The van der Waals surface area contributed by atoms with Crippen molar-refractivity contribution >= 4 is 33.4 Å². The Labute approximate surface area is 215 Å². The Morgan fingerprint density at radius 2 is 1.84 bits per heavy atom. The van der Waals surface area contributed by atoms with E-state index in [0.29, 0.717) is 31.1 Å². The first-order valence-electron chi connectivity index (χ1n) is 12.9. The molecular weight excluding hydrogens is 468 g/mol. The number of hydrogen-bond acceptors (Lipinski definition) is 9. The van der Waals surface area contributed by atoms with Gasteiger partial charge in [0.05, 0.1) is 24.1 Å². The van der Waals surface area contributed by atoms with Gasteiger partial charge in [0.1, 0.15) is 17.4 Å². The van der Waals surface area contributed by atoms with Gasteiger partial charge in [-0.25, -0.2) is 9.97 Å². The maximum absolute atomic E-state index is 6.15. The van der Waals surface area contributed by atoms with E-state index in [1.54, 1.807) is 0 Å². The van der Waals surface area contributed by atoms with Gasteiger partial charge >= 0.3 is 6.01 Å². The van der Waals surface area contributed by atoms with E-state index in [4.69, 9.17) is 19.2 Å². The Balaban J connectivity index is 1.36. The normalized spacial score (nSPS) is 17.9. The van der Waals surface area contributed by atoms with Crippen molar-refractivity contribution in [3.8, 4) is 17.6 Å². The largest absolute Gasteiger partial charge is 0.491 e. The SMILES string of the molecule is C1=C\CCOc2nc(OC3CCNCC3)nc3ccc(cc23)Nc2ncc3cccc(c3n2)OCCC/1. The van der Waals surface area contributed by atoms with Crippen molar-refractivity contribution in [3.63, 3.8) is 0 Å². The average Bonchev–Trinajstić information content (AvgIpc) is 2.92. The summed E-state index contributed by atoms with van der Waals surface area (Å²) in [6.45, 7) is 3.01. The molecule has 9 nitrogen and oxygen atoms in total. The van der Waals surface area contributed by atoms with Crippen LogP contribution < -0.4 is 24.8 Å². The number of nitrogens with one attached hydrogen (secondary N) is 2. The Morgan fingerprint density at radius 1 is 0.919 bits per heavy atom. The molecule has 2 aromatic carbocycles. The standard InChI is InChI=1S/C28H30N6O3/c1-2-4-15-35-24-8-6-7-19-18-30-27(33-25(19)24)31-20-9-10-23-22(17-20)26(36-16-5-3-1)34-28(32-23)37-21-11-13-29-14-12-21/h1,3,6-10,17-18,21,29H,2,4-5,11-16H2,(H,30,31,33)/b3-1-. The number of fused-ring (bicyclic) bond motifs is 2. The van der Waals surface area contributed by atoms with Crippen LogP contribution in [0.15, 0.2) is 54.7 Å². The molecule has 4 heterocycles. The first-order valence-corrected chi connectivity index (χ1v) is 12.9. The number of rotatable bonds is 2. The lowest BCUT2D eigenvalue weighted by Crippen LogP contribution is -2.34. The number of anilines is 2. The maximum atomic E-state index is 6.15. The molecule has 0 spiro atoms. The summed E-state index contributed by atoms with van der Waals surface area (Å²) in [5, 5.41) is 8.41. The molecule has 0 atom stereocenters. The fraction of sp³-hybridized carbons (Fsp3) is 0.357. The molecule has 190 valence electrons. The van der Waals surface area contributed by atoms with Crippen LogP contribution in [0.4, 0.5) is 11.6 Å². The van der Waals surface area contributed by atoms with Crippen LogP contribution in [0.1, 0.15) is 32.1 Å². The van der Waals surface area contributed by atoms with Crippen molar-refractivity contribution in [2.24, 2.45) is 0 Å². The van der Waals surface area contributed by atoms with Crippen LogP contribution in [-0.4, -0.2) is 52.3 Å². The van der Waals surface area contributed by atoms with Crippen LogP contribution in [0, 0.1) is 0 Å². The number of benzene rings is 2. The lowest BCUT2D eigenvalue weighted by Gasteiger charge is -2.23. The smallest absolute Gasteiger partial charge is 0.320 e. The summed E-state index contributed by atoms with van der Waals surface area (Å²) in [7, 11) is 0. The van der Waals surface area contributed by atoms with E-state index in [9.17, 15) is 0 Å². The second-order valence-corrected chi connectivity index (χ2v) is 9.22. The molecule has 6 rings (SSSR count). The van der Waals surface area contributed by atoms with Crippen LogP contribution in [0.3, 0.4) is 0 Å². The van der Waals surface area contributed by atoms with Crippen molar-refractivity contribution in [1.29, 1.82) is 0 Å². The van der Waals surface area contributed by atoms with Crippen LogP contribution >= 0.6 is 0 Å². The van der Waals surface area contributed by atoms with Gasteiger partial charge in [-0.1, -0.05) is 24.3 Å². The van der Waals surface area contributed by atoms with Crippen molar-refractivity contribution in [2.75, 3.05) is 31.6 Å². The Hall–Kier alpha value is -3.98. The molecule has 0 aliphatic carbocycles. The summed E-state index contributed by atoms with van der Waals surface area (Å²) in [4.78, 5) is 18.6. The molecule has 2 aromatic heterocycles. The van der Waals surface area contributed by atoms with E-state index in [-0.39, 0.29) is 6.10 Å². The molecule has 0 radical (unpaired) electrons. The van der Waals surface area contributed by atoms with Crippen molar-refractivity contribution < 1.29 is 14.2 Å². The molecule has 0 amide bonds. The minimum absolute atomic E-state index is 0.105. The molecule has 2 N–H and O–H groups in total. The van der Waals surface area contributed by atoms with Crippen molar-refractivity contribution in [3.05, 3.63) is 54.7 Å². The third-order valence-corrected chi connectivity index (χ3v) is 6.49. The van der Waals surface area contributed by atoms with Crippen LogP contribution in [0.2, 0.25) is 0 Å². The van der Waals surface area contributed by atoms with E-state index >= 15 is 0 Å². The highest BCUT2D eigenvalue weighted by Gasteiger charge is 2.18. The number of para-hydroxylation sites is 1. The Bertz CT molecular complexity index is 1420. The number of nitrogens with zero attached hydrogens (tertiary/aromatic N) is 4. The van der Waals surface area contributed by atoms with Gasteiger partial charge in [-0.3, -0.25) is 0 Å². The lowest BCUT2D eigenvalue weighted by atomic mass is 10.1. The monoisotopic (exact) mass is 498 g/mol. The number of piperidine rings is 1. The summed E-state index contributed by atoms with van der Waals surface area (Å²) in [5.41, 5.74) is 2.36.